The van der Waals surface area contributed by atoms with Crippen LogP contribution in [0.1, 0.15) is 26.7 Å². The molecule has 7 nitrogen and oxygen atoms in total. The van der Waals surface area contributed by atoms with Gasteiger partial charge in [0.15, 0.2) is 0 Å². The average Bonchev–Trinajstić information content (AvgIpc) is 3.05. The zero-order chi connectivity index (χ0) is 13.7. The number of carbonyl (C=O) groups is 3. The number of carbonyl (C=O) groups excluding carboxylic acids is 2. The Morgan fingerprint density at radius 2 is 1.94 bits per heavy atom. The Labute approximate surface area is 106 Å². The molecule has 0 aromatic carbocycles. The lowest BCUT2D eigenvalue weighted by Crippen LogP contribution is -2.49. The minimum atomic E-state index is -1.08. The molecule has 1 fully saturated rings. The molecule has 0 aromatic rings. The Morgan fingerprint density at radius 1 is 1.33 bits per heavy atom. The van der Waals surface area contributed by atoms with E-state index in [1.54, 1.807) is 13.8 Å². The maximum absolute atomic E-state index is 11.7. The number of nitrogens with zero attached hydrogens (tertiary/aromatic N) is 1. The van der Waals surface area contributed by atoms with Crippen molar-refractivity contribution in [1.29, 1.82) is 0 Å². The maximum Gasteiger partial charge on any atom is 0.323 e. The summed E-state index contributed by atoms with van der Waals surface area (Å²) in [5.41, 5.74) is 0. The summed E-state index contributed by atoms with van der Waals surface area (Å²) in [4.78, 5) is 34.8. The first-order chi connectivity index (χ1) is 8.40. The highest BCUT2D eigenvalue weighted by Gasteiger charge is 2.24. The first-order valence-electron chi connectivity index (χ1n) is 5.95. The van der Waals surface area contributed by atoms with E-state index in [0.29, 0.717) is 0 Å². The van der Waals surface area contributed by atoms with Crippen LogP contribution < -0.4 is 10.6 Å². The van der Waals surface area contributed by atoms with E-state index >= 15 is 0 Å². The summed E-state index contributed by atoms with van der Waals surface area (Å²) in [6.45, 7) is 2.92. The fraction of sp³-hybridized carbons (Fsp3) is 0.727. The number of nitrogens with one attached hydrogen (secondary N) is 2. The molecule has 7 heteroatoms. The number of hydrogen-bond donors (Lipinski definition) is 3. The van der Waals surface area contributed by atoms with Gasteiger partial charge < -0.3 is 20.6 Å². The molecule has 0 saturated heterocycles. The van der Waals surface area contributed by atoms with Gasteiger partial charge in [-0.1, -0.05) is 0 Å². The molecule has 0 spiro atoms. The number of urea groups is 1. The Kier molecular flexibility index (Phi) is 4.94. The summed E-state index contributed by atoms with van der Waals surface area (Å²) in [5.74, 6) is -1.33. The number of rotatable bonds is 6. The van der Waals surface area contributed by atoms with E-state index in [1.165, 1.54) is 0 Å². The van der Waals surface area contributed by atoms with Crippen LogP contribution in [0.3, 0.4) is 0 Å². The van der Waals surface area contributed by atoms with Crippen LogP contribution >= 0.6 is 0 Å². The molecule has 0 radical (unpaired) electrons. The summed E-state index contributed by atoms with van der Waals surface area (Å²) in [7, 11) is 0. The van der Waals surface area contributed by atoms with Gasteiger partial charge in [0.05, 0.1) is 6.54 Å². The van der Waals surface area contributed by atoms with Gasteiger partial charge in [0.1, 0.15) is 6.54 Å². The molecular weight excluding hydrogens is 238 g/mol. The molecule has 1 aliphatic rings. The summed E-state index contributed by atoms with van der Waals surface area (Å²) < 4.78 is 0. The highest BCUT2D eigenvalue weighted by atomic mass is 16.4. The van der Waals surface area contributed by atoms with E-state index < -0.39 is 12.0 Å². The fourth-order valence-electron chi connectivity index (χ4n) is 1.40. The average molecular weight is 257 g/mol. The van der Waals surface area contributed by atoms with E-state index in [4.69, 9.17) is 5.11 Å². The van der Waals surface area contributed by atoms with Gasteiger partial charge >= 0.3 is 12.0 Å². The monoisotopic (exact) mass is 257 g/mol. The lowest BCUT2D eigenvalue weighted by Gasteiger charge is -2.24. The van der Waals surface area contributed by atoms with E-state index in [-0.39, 0.29) is 31.1 Å². The van der Waals surface area contributed by atoms with E-state index in [0.717, 1.165) is 17.7 Å². The molecule has 1 saturated carbocycles. The predicted molar refractivity (Wildman–Crippen MR) is 64.0 cm³/mol. The van der Waals surface area contributed by atoms with Crippen molar-refractivity contribution in [3.05, 3.63) is 0 Å². The van der Waals surface area contributed by atoms with Crippen LogP contribution in [-0.4, -0.2) is 53.1 Å². The second kappa shape index (κ2) is 6.23. The molecule has 0 heterocycles. The number of hydrogen-bond acceptors (Lipinski definition) is 3. The molecule has 1 aliphatic carbocycles. The molecule has 0 aliphatic heterocycles. The third-order valence-electron chi connectivity index (χ3n) is 2.53. The van der Waals surface area contributed by atoms with E-state index in [1.807, 2.05) is 0 Å². The van der Waals surface area contributed by atoms with Crippen LogP contribution in [0.2, 0.25) is 0 Å². The van der Waals surface area contributed by atoms with Crippen LogP contribution in [0.5, 0.6) is 0 Å². The van der Waals surface area contributed by atoms with Crippen LogP contribution in [-0.2, 0) is 9.59 Å². The summed E-state index contributed by atoms with van der Waals surface area (Å²) in [6, 6.07) is -0.541. The van der Waals surface area contributed by atoms with Crippen LogP contribution in [0.4, 0.5) is 4.79 Å². The lowest BCUT2D eigenvalue weighted by molar-refractivity contribution is -0.138. The Morgan fingerprint density at radius 3 is 2.39 bits per heavy atom. The van der Waals surface area contributed by atoms with Gasteiger partial charge in [0.2, 0.25) is 5.91 Å². The Hall–Kier alpha value is -1.79. The molecule has 3 N–H and O–H groups in total. The normalized spacial score (nSPS) is 14.2. The van der Waals surface area contributed by atoms with Gasteiger partial charge in [-0.05, 0) is 26.7 Å². The number of amides is 3. The van der Waals surface area contributed by atoms with Crippen molar-refractivity contribution in [2.75, 3.05) is 13.1 Å². The van der Waals surface area contributed by atoms with Crippen molar-refractivity contribution < 1.29 is 19.5 Å². The molecule has 0 unspecified atom stereocenters. The van der Waals surface area contributed by atoms with Gasteiger partial charge in [-0.3, -0.25) is 9.59 Å². The third-order valence-corrected chi connectivity index (χ3v) is 2.53. The Balaban J connectivity index is 2.35. The minimum absolute atomic E-state index is 0.127. The molecular formula is C11H19N3O4. The zero-order valence-corrected chi connectivity index (χ0v) is 10.6. The molecule has 0 bridgehead atoms. The number of carboxylic acid groups (broad SMARTS) is 1. The quantitative estimate of drug-likeness (QED) is 0.612. The summed E-state index contributed by atoms with van der Waals surface area (Å²) in [6.07, 6.45) is 1.97. The largest absolute Gasteiger partial charge is 0.480 e. The number of carboxylic acids is 1. The second-order valence-corrected chi connectivity index (χ2v) is 4.62. The SMILES string of the molecule is CC(C)N(CC(=O)O)C(=O)NCC(=O)NC1CC1. The molecule has 102 valence electrons. The maximum atomic E-state index is 11.7. The first kappa shape index (κ1) is 14.3. The standard InChI is InChI=1S/C11H19N3O4/c1-7(2)14(6-10(16)17)11(18)12-5-9(15)13-8-3-4-8/h7-8H,3-6H2,1-2H3,(H,12,18)(H,13,15)(H,16,17). The molecule has 3 amide bonds. The second-order valence-electron chi connectivity index (χ2n) is 4.62. The molecule has 18 heavy (non-hydrogen) atoms. The Bertz CT molecular complexity index is 339. The molecule has 1 rings (SSSR count). The van der Waals surface area contributed by atoms with Crippen molar-refractivity contribution in [2.24, 2.45) is 0 Å². The number of aliphatic carboxylic acids is 1. The summed E-state index contributed by atoms with van der Waals surface area (Å²) in [5, 5.41) is 13.8. The van der Waals surface area contributed by atoms with Gasteiger partial charge in [0.25, 0.3) is 0 Å². The lowest BCUT2D eigenvalue weighted by atomic mass is 10.3. The van der Waals surface area contributed by atoms with Gasteiger partial charge in [0, 0.05) is 12.1 Å². The van der Waals surface area contributed by atoms with E-state index in [2.05, 4.69) is 10.6 Å². The highest BCUT2D eigenvalue weighted by molar-refractivity contribution is 5.85. The van der Waals surface area contributed by atoms with Crippen LogP contribution in [0, 0.1) is 0 Å². The molecule has 0 atom stereocenters. The van der Waals surface area contributed by atoms with Crippen LogP contribution in [0.15, 0.2) is 0 Å². The first-order valence-corrected chi connectivity index (χ1v) is 5.95. The minimum Gasteiger partial charge on any atom is -0.480 e. The van der Waals surface area contributed by atoms with Crippen molar-refractivity contribution in [3.63, 3.8) is 0 Å². The van der Waals surface area contributed by atoms with Gasteiger partial charge in [-0.25, -0.2) is 4.79 Å². The third kappa shape index (κ3) is 5.03. The van der Waals surface area contributed by atoms with Crippen molar-refractivity contribution in [1.82, 2.24) is 15.5 Å². The van der Waals surface area contributed by atoms with E-state index in [9.17, 15) is 14.4 Å². The van der Waals surface area contributed by atoms with Gasteiger partial charge in [-0.2, -0.15) is 0 Å². The highest BCUT2D eigenvalue weighted by Crippen LogP contribution is 2.18. The molecule has 0 aromatic heterocycles. The summed E-state index contributed by atoms with van der Waals surface area (Å²) >= 11 is 0. The smallest absolute Gasteiger partial charge is 0.323 e. The van der Waals surface area contributed by atoms with Crippen molar-refractivity contribution >= 4 is 17.9 Å². The zero-order valence-electron chi connectivity index (χ0n) is 10.6. The van der Waals surface area contributed by atoms with Gasteiger partial charge in [-0.15, -0.1) is 0 Å². The topological polar surface area (TPSA) is 98.7 Å². The predicted octanol–water partition coefficient (Wildman–Crippen LogP) is -0.230. The fourth-order valence-corrected chi connectivity index (χ4v) is 1.40. The van der Waals surface area contributed by atoms with Crippen molar-refractivity contribution in [3.8, 4) is 0 Å². The van der Waals surface area contributed by atoms with Crippen LogP contribution in [0.25, 0.3) is 0 Å². The van der Waals surface area contributed by atoms with Crippen molar-refractivity contribution in [2.45, 2.75) is 38.8 Å².